The Bertz CT molecular complexity index is 386. The van der Waals surface area contributed by atoms with E-state index in [0.29, 0.717) is 0 Å². The molecule has 0 unspecified atom stereocenters. The third-order valence-electron chi connectivity index (χ3n) is 3.37. The molecule has 0 aliphatic carbocycles. The quantitative estimate of drug-likeness (QED) is 0.808. The van der Waals surface area contributed by atoms with Crippen molar-refractivity contribution in [2.24, 2.45) is 0 Å². The fourth-order valence-corrected chi connectivity index (χ4v) is 2.29. The summed E-state index contributed by atoms with van der Waals surface area (Å²) in [7, 11) is 0. The van der Waals surface area contributed by atoms with Crippen LogP contribution >= 0.6 is 0 Å². The Morgan fingerprint density at radius 3 is 2.47 bits per heavy atom. The highest BCUT2D eigenvalue weighted by Crippen LogP contribution is 2.09. The highest BCUT2D eigenvalue weighted by atomic mass is 16.5. The van der Waals surface area contributed by atoms with Gasteiger partial charge < -0.3 is 9.64 Å². The number of benzene rings is 1. The summed E-state index contributed by atoms with van der Waals surface area (Å²) in [5.74, 6) is 0.834. The first-order valence-corrected chi connectivity index (χ1v) is 6.97. The number of para-hydroxylation sites is 1. The number of carbonyl (C=O) groups is 1. The number of piperazine rings is 1. The van der Waals surface area contributed by atoms with Crippen molar-refractivity contribution >= 4 is 5.91 Å². The van der Waals surface area contributed by atoms with Gasteiger partial charge in [-0.1, -0.05) is 25.1 Å². The van der Waals surface area contributed by atoms with Gasteiger partial charge in [-0.25, -0.2) is 0 Å². The van der Waals surface area contributed by atoms with Crippen LogP contribution in [0.1, 0.15) is 13.3 Å². The molecule has 0 saturated carbocycles. The van der Waals surface area contributed by atoms with E-state index in [1.54, 1.807) is 0 Å². The van der Waals surface area contributed by atoms with Gasteiger partial charge in [-0.05, 0) is 25.1 Å². The van der Waals surface area contributed by atoms with Crippen LogP contribution in [0.25, 0.3) is 0 Å². The van der Waals surface area contributed by atoms with Gasteiger partial charge in [0.15, 0.2) is 6.61 Å². The highest BCUT2D eigenvalue weighted by Gasteiger charge is 2.20. The lowest BCUT2D eigenvalue weighted by Crippen LogP contribution is -2.50. The molecule has 2 rings (SSSR count). The van der Waals surface area contributed by atoms with Crippen LogP contribution in [-0.2, 0) is 4.79 Å². The molecule has 1 fully saturated rings. The van der Waals surface area contributed by atoms with Crippen LogP contribution in [0, 0.1) is 0 Å². The third-order valence-corrected chi connectivity index (χ3v) is 3.37. The van der Waals surface area contributed by atoms with Crippen LogP contribution in [0.15, 0.2) is 30.3 Å². The molecule has 1 aromatic carbocycles. The summed E-state index contributed by atoms with van der Waals surface area (Å²) < 4.78 is 5.49. The molecule has 0 atom stereocenters. The maximum Gasteiger partial charge on any atom is 0.260 e. The first-order valence-electron chi connectivity index (χ1n) is 6.97. The summed E-state index contributed by atoms with van der Waals surface area (Å²) in [5, 5.41) is 0. The van der Waals surface area contributed by atoms with Crippen molar-refractivity contribution in [2.75, 3.05) is 39.3 Å². The SMILES string of the molecule is CCCN1CCN(C(=O)COc2ccccc2)CC1. The van der Waals surface area contributed by atoms with Crippen LogP contribution in [0.2, 0.25) is 0 Å². The Kier molecular flexibility index (Phi) is 5.21. The predicted molar refractivity (Wildman–Crippen MR) is 75.2 cm³/mol. The molecule has 0 bridgehead atoms. The van der Waals surface area contributed by atoms with Gasteiger partial charge in [0.2, 0.25) is 0 Å². The Balaban J connectivity index is 1.73. The van der Waals surface area contributed by atoms with E-state index in [1.807, 2.05) is 35.2 Å². The van der Waals surface area contributed by atoms with E-state index in [2.05, 4.69) is 11.8 Å². The minimum Gasteiger partial charge on any atom is -0.484 e. The fraction of sp³-hybridized carbons (Fsp3) is 0.533. The van der Waals surface area contributed by atoms with Crippen LogP contribution in [0.3, 0.4) is 0 Å². The molecular formula is C15H22N2O2. The summed E-state index contributed by atoms with van der Waals surface area (Å²) >= 11 is 0. The predicted octanol–water partition coefficient (Wildman–Crippen LogP) is 1.62. The lowest BCUT2D eigenvalue weighted by Gasteiger charge is -2.34. The molecule has 4 heteroatoms. The largest absolute Gasteiger partial charge is 0.484 e. The second-order valence-electron chi connectivity index (χ2n) is 4.82. The number of hydrogen-bond acceptors (Lipinski definition) is 3. The number of carbonyl (C=O) groups excluding carboxylic acids is 1. The second kappa shape index (κ2) is 7.14. The Morgan fingerprint density at radius 1 is 1.16 bits per heavy atom. The van der Waals surface area contributed by atoms with Gasteiger partial charge in [0.1, 0.15) is 5.75 Å². The van der Waals surface area contributed by atoms with Crippen molar-refractivity contribution < 1.29 is 9.53 Å². The van der Waals surface area contributed by atoms with Crippen LogP contribution < -0.4 is 4.74 Å². The van der Waals surface area contributed by atoms with Crippen molar-refractivity contribution in [2.45, 2.75) is 13.3 Å². The minimum absolute atomic E-state index is 0.0833. The first-order chi connectivity index (χ1) is 9.29. The van der Waals surface area contributed by atoms with Crippen LogP contribution in [-0.4, -0.2) is 55.0 Å². The molecule has 104 valence electrons. The van der Waals surface area contributed by atoms with Gasteiger partial charge in [-0.15, -0.1) is 0 Å². The smallest absolute Gasteiger partial charge is 0.260 e. The topological polar surface area (TPSA) is 32.8 Å². The minimum atomic E-state index is 0.0833. The third kappa shape index (κ3) is 4.24. The van der Waals surface area contributed by atoms with E-state index < -0.39 is 0 Å². The van der Waals surface area contributed by atoms with Crippen molar-refractivity contribution in [1.29, 1.82) is 0 Å². The maximum absolute atomic E-state index is 12.0. The van der Waals surface area contributed by atoms with Gasteiger partial charge in [-0.2, -0.15) is 0 Å². The highest BCUT2D eigenvalue weighted by molar-refractivity contribution is 5.77. The number of rotatable bonds is 5. The lowest BCUT2D eigenvalue weighted by atomic mass is 10.3. The van der Waals surface area contributed by atoms with Crippen molar-refractivity contribution in [3.05, 3.63) is 30.3 Å². The van der Waals surface area contributed by atoms with Gasteiger partial charge in [0.05, 0.1) is 0 Å². The first kappa shape index (κ1) is 13.9. The molecule has 0 radical (unpaired) electrons. The zero-order valence-electron chi connectivity index (χ0n) is 11.5. The molecule has 1 aliphatic rings. The standard InChI is InChI=1S/C15H22N2O2/c1-2-8-16-9-11-17(12-10-16)15(18)13-19-14-6-4-3-5-7-14/h3-7H,2,8-13H2,1H3. The van der Waals surface area contributed by atoms with Crippen LogP contribution in [0.4, 0.5) is 0 Å². The number of ether oxygens (including phenoxy) is 1. The van der Waals surface area contributed by atoms with E-state index in [-0.39, 0.29) is 12.5 Å². The molecule has 0 N–H and O–H groups in total. The average Bonchev–Trinajstić information content (AvgIpc) is 2.47. The van der Waals surface area contributed by atoms with Gasteiger partial charge in [-0.3, -0.25) is 9.69 Å². The summed E-state index contributed by atoms with van der Waals surface area (Å²) in [4.78, 5) is 16.3. The fourth-order valence-electron chi connectivity index (χ4n) is 2.29. The van der Waals surface area contributed by atoms with Gasteiger partial charge in [0, 0.05) is 26.2 Å². The molecule has 0 aromatic heterocycles. The molecule has 1 saturated heterocycles. The zero-order valence-corrected chi connectivity index (χ0v) is 11.5. The molecule has 4 nitrogen and oxygen atoms in total. The van der Waals surface area contributed by atoms with E-state index in [9.17, 15) is 4.79 Å². The molecule has 1 aromatic rings. The van der Waals surface area contributed by atoms with E-state index in [0.717, 1.165) is 38.5 Å². The van der Waals surface area contributed by atoms with Crippen molar-refractivity contribution in [3.63, 3.8) is 0 Å². The van der Waals surface area contributed by atoms with Crippen LogP contribution in [0.5, 0.6) is 5.75 Å². The zero-order chi connectivity index (χ0) is 13.5. The molecule has 0 spiro atoms. The number of nitrogens with zero attached hydrogens (tertiary/aromatic N) is 2. The Labute approximate surface area is 115 Å². The summed E-state index contributed by atoms with van der Waals surface area (Å²) in [6.07, 6.45) is 1.17. The van der Waals surface area contributed by atoms with E-state index in [4.69, 9.17) is 4.74 Å². The summed E-state index contributed by atoms with van der Waals surface area (Å²) in [6.45, 7) is 7.04. The molecule has 1 amide bonds. The summed E-state index contributed by atoms with van der Waals surface area (Å²) in [5.41, 5.74) is 0. The molecule has 19 heavy (non-hydrogen) atoms. The lowest BCUT2D eigenvalue weighted by molar-refractivity contribution is -0.135. The maximum atomic E-state index is 12.0. The summed E-state index contributed by atoms with van der Waals surface area (Å²) in [6, 6.07) is 9.48. The Hall–Kier alpha value is -1.55. The number of amides is 1. The van der Waals surface area contributed by atoms with Crippen molar-refractivity contribution in [1.82, 2.24) is 9.80 Å². The van der Waals surface area contributed by atoms with E-state index >= 15 is 0 Å². The molecule has 1 heterocycles. The Morgan fingerprint density at radius 2 is 1.84 bits per heavy atom. The molecule has 1 aliphatic heterocycles. The van der Waals surface area contributed by atoms with Crippen molar-refractivity contribution in [3.8, 4) is 5.75 Å². The normalized spacial score (nSPS) is 16.4. The number of hydrogen-bond donors (Lipinski definition) is 0. The van der Waals surface area contributed by atoms with Gasteiger partial charge >= 0.3 is 0 Å². The van der Waals surface area contributed by atoms with Gasteiger partial charge in [0.25, 0.3) is 5.91 Å². The van der Waals surface area contributed by atoms with E-state index in [1.165, 1.54) is 6.42 Å². The molecular weight excluding hydrogens is 240 g/mol. The average molecular weight is 262 g/mol. The monoisotopic (exact) mass is 262 g/mol. The second-order valence-corrected chi connectivity index (χ2v) is 4.82.